The molecule has 176 valence electrons. The van der Waals surface area contributed by atoms with E-state index in [1.165, 1.54) is 12.1 Å². The van der Waals surface area contributed by atoms with Crippen molar-refractivity contribution in [2.24, 2.45) is 0 Å². The van der Waals surface area contributed by atoms with Crippen molar-refractivity contribution >= 4 is 32.7 Å². The zero-order chi connectivity index (χ0) is 24.5. The fraction of sp³-hybridized carbons (Fsp3) is 0. The molecule has 0 spiro atoms. The molecule has 4 aromatic rings. The molecule has 4 rings (SSSR count). The number of hydrogen-bond acceptors (Lipinski definition) is 7. The molecular weight excluding hydrogens is 486 g/mol. The maximum atomic E-state index is 13.7. The number of phosphoric ester groups is 1. The Morgan fingerprint density at radius 1 is 0.657 bits per heavy atom. The number of rotatable bonds is 9. The van der Waals surface area contributed by atoms with E-state index in [1.54, 1.807) is 103 Å². The second-order valence-corrected chi connectivity index (χ2v) is 9.87. The van der Waals surface area contributed by atoms with E-state index < -0.39 is 21.6 Å². The summed E-state index contributed by atoms with van der Waals surface area (Å²) in [6, 6.07) is 31.5. The Bertz CT molecular complexity index is 1300. The smallest absolute Gasteiger partial charge is 0.626 e. The lowest BCUT2D eigenvalue weighted by Gasteiger charge is -2.20. The van der Waals surface area contributed by atoms with Gasteiger partial charge < -0.3 is 23.2 Å². The molecule has 0 amide bonds. The van der Waals surface area contributed by atoms with Gasteiger partial charge >= 0.3 is 13.8 Å². The molecule has 0 N–H and O–H groups in total. The van der Waals surface area contributed by atoms with Crippen LogP contribution < -0.4 is 28.5 Å². The Balaban J connectivity index is 1.58. The summed E-state index contributed by atoms with van der Waals surface area (Å²) in [5.41, 5.74) is 0. The van der Waals surface area contributed by atoms with E-state index in [0.717, 1.165) is 5.80 Å². The van der Waals surface area contributed by atoms with Crippen LogP contribution in [0.25, 0.3) is 0 Å². The maximum Gasteiger partial charge on any atom is 0.647 e. The van der Waals surface area contributed by atoms with Crippen molar-refractivity contribution in [3.63, 3.8) is 0 Å². The second kappa shape index (κ2) is 11.5. The molecule has 35 heavy (non-hydrogen) atoms. The minimum absolute atomic E-state index is 0.0428. The molecule has 0 fully saturated rings. The van der Waals surface area contributed by atoms with E-state index in [1.807, 2.05) is 0 Å². The van der Waals surface area contributed by atoms with Crippen molar-refractivity contribution in [1.29, 1.82) is 0 Å². The Kier molecular flexibility index (Phi) is 7.96. The lowest BCUT2D eigenvalue weighted by atomic mass is 10.3. The third-order valence-corrected chi connectivity index (χ3v) is 6.97. The second-order valence-electron chi connectivity index (χ2n) is 7.01. The third kappa shape index (κ3) is 7.05. The Hall–Kier alpha value is -3.89. The van der Waals surface area contributed by atoms with Crippen molar-refractivity contribution in [2.75, 3.05) is 0 Å². The van der Waals surface area contributed by atoms with Crippen LogP contribution in [0.2, 0.25) is 0 Å². The van der Waals surface area contributed by atoms with Crippen LogP contribution in [0.5, 0.6) is 23.0 Å². The van der Waals surface area contributed by atoms with Gasteiger partial charge in [0.2, 0.25) is 0 Å². The van der Waals surface area contributed by atoms with E-state index in [-0.39, 0.29) is 23.0 Å². The van der Waals surface area contributed by atoms with E-state index >= 15 is 0 Å². The summed E-state index contributed by atoms with van der Waals surface area (Å²) in [5.74, 6) is 0.540. The first-order valence-corrected chi connectivity index (χ1v) is 13.3. The highest BCUT2D eigenvalue weighted by Gasteiger charge is 2.34. The summed E-state index contributed by atoms with van der Waals surface area (Å²) in [6.45, 7) is 0. The molecule has 0 bridgehead atoms. The van der Waals surface area contributed by atoms with Crippen molar-refractivity contribution in [2.45, 2.75) is 0 Å². The monoisotopic (exact) mass is 506 g/mol. The van der Waals surface area contributed by atoms with Crippen LogP contribution in [0, 0.1) is 0 Å². The number of para-hydroxylation sites is 4. The fourth-order valence-corrected chi connectivity index (χ4v) is 5.01. The van der Waals surface area contributed by atoms with E-state index in [0.29, 0.717) is 5.30 Å². The summed E-state index contributed by atoms with van der Waals surface area (Å²) in [5, 5.41) is 0.487. The number of carbonyl (C=O) groups is 1. The SMILES string of the molecule is O=C(/C=[P+](\[O-])c1ccccc1)Oc1ccccc1OP(=O)(Oc1ccccc1)Oc1ccccc1. The van der Waals surface area contributed by atoms with Crippen LogP contribution in [0.15, 0.2) is 115 Å². The van der Waals surface area contributed by atoms with E-state index in [9.17, 15) is 14.3 Å². The van der Waals surface area contributed by atoms with Crippen LogP contribution in [0.4, 0.5) is 0 Å². The average Bonchev–Trinajstić information content (AvgIpc) is 2.87. The van der Waals surface area contributed by atoms with Crippen molar-refractivity contribution in [3.05, 3.63) is 115 Å². The Labute approximate surface area is 203 Å². The molecule has 0 radical (unpaired) electrons. The van der Waals surface area contributed by atoms with Gasteiger partial charge in [-0.05, 0) is 48.5 Å². The molecule has 0 saturated heterocycles. The number of phosphoric acid groups is 1. The first-order valence-electron chi connectivity index (χ1n) is 10.5. The van der Waals surface area contributed by atoms with Gasteiger partial charge in [-0.15, -0.1) is 0 Å². The first-order chi connectivity index (χ1) is 17.0. The van der Waals surface area contributed by atoms with Crippen LogP contribution in [0.1, 0.15) is 0 Å². The quantitative estimate of drug-likeness (QED) is 0.177. The molecule has 0 aliphatic carbocycles. The molecular formula is C26H20O7P2. The number of carbonyl (C=O) groups excluding carboxylic acids is 1. The molecule has 7 nitrogen and oxygen atoms in total. The van der Waals surface area contributed by atoms with Gasteiger partial charge in [0.1, 0.15) is 16.8 Å². The molecule has 0 heterocycles. The Morgan fingerprint density at radius 3 is 1.66 bits per heavy atom. The predicted molar refractivity (Wildman–Crippen MR) is 134 cm³/mol. The van der Waals surface area contributed by atoms with Gasteiger partial charge in [0.15, 0.2) is 17.3 Å². The largest absolute Gasteiger partial charge is 0.647 e. The lowest BCUT2D eigenvalue weighted by Crippen LogP contribution is -2.15. The van der Waals surface area contributed by atoms with Crippen LogP contribution in [-0.2, 0) is 9.36 Å². The number of benzene rings is 4. The summed E-state index contributed by atoms with van der Waals surface area (Å²) in [6.07, 6.45) is 0. The summed E-state index contributed by atoms with van der Waals surface area (Å²) >= 11 is 0. The van der Waals surface area contributed by atoms with E-state index in [4.69, 9.17) is 18.3 Å². The maximum absolute atomic E-state index is 13.7. The van der Waals surface area contributed by atoms with Gasteiger partial charge in [-0.3, -0.25) is 0 Å². The molecule has 4 aromatic carbocycles. The van der Waals surface area contributed by atoms with Crippen LogP contribution >= 0.6 is 15.6 Å². The van der Waals surface area contributed by atoms with Crippen molar-refractivity contribution in [1.82, 2.24) is 0 Å². The molecule has 0 aromatic heterocycles. The number of hydrogen-bond donors (Lipinski definition) is 0. The molecule has 1 atom stereocenters. The lowest BCUT2D eigenvalue weighted by molar-refractivity contribution is -0.149. The minimum Gasteiger partial charge on any atom is -0.626 e. The van der Waals surface area contributed by atoms with Gasteiger partial charge in [-0.1, -0.05) is 66.7 Å². The topological polar surface area (TPSA) is 94.1 Å². The summed E-state index contributed by atoms with van der Waals surface area (Å²) in [4.78, 5) is 24.9. The normalized spacial score (nSPS) is 11.4. The Morgan fingerprint density at radius 2 is 1.11 bits per heavy atom. The van der Waals surface area contributed by atoms with Gasteiger partial charge in [-0.2, -0.15) is 4.57 Å². The van der Waals surface area contributed by atoms with Gasteiger partial charge in [0.05, 0.1) is 7.77 Å². The van der Waals surface area contributed by atoms with Gasteiger partial charge in [-0.25, -0.2) is 4.79 Å². The summed E-state index contributed by atoms with van der Waals surface area (Å²) in [7, 11) is -6.40. The zero-order valence-corrected chi connectivity index (χ0v) is 20.1. The van der Waals surface area contributed by atoms with E-state index in [2.05, 4.69) is 0 Å². The zero-order valence-electron chi connectivity index (χ0n) is 18.3. The van der Waals surface area contributed by atoms with Crippen molar-refractivity contribution < 1.29 is 32.6 Å². The fourth-order valence-electron chi connectivity index (χ4n) is 2.89. The van der Waals surface area contributed by atoms with Gasteiger partial charge in [0, 0.05) is 0 Å². The predicted octanol–water partition coefficient (Wildman–Crippen LogP) is 5.12. The highest BCUT2D eigenvalue weighted by Crippen LogP contribution is 2.51. The molecule has 0 aliphatic rings. The third-order valence-electron chi connectivity index (χ3n) is 4.42. The van der Waals surface area contributed by atoms with Crippen LogP contribution in [0.3, 0.4) is 0 Å². The highest BCUT2D eigenvalue weighted by atomic mass is 31.2. The molecule has 9 heteroatoms. The van der Waals surface area contributed by atoms with Crippen LogP contribution in [-0.4, -0.2) is 11.8 Å². The van der Waals surface area contributed by atoms with Gasteiger partial charge in [0.25, 0.3) is 0 Å². The minimum atomic E-state index is -4.29. The first kappa shape index (κ1) is 24.2. The number of esters is 1. The number of ether oxygens (including phenoxy) is 1. The molecule has 0 aliphatic heterocycles. The highest BCUT2D eigenvalue weighted by molar-refractivity contribution is 7.59. The summed E-state index contributed by atoms with van der Waals surface area (Å²) < 4.78 is 35.9. The molecule has 0 saturated carbocycles. The average molecular weight is 506 g/mol. The molecule has 1 unspecified atom stereocenters. The standard InChI is InChI=1S/C26H20O7P2/c27-26(20-34(28)23-16-8-3-9-17-23)30-24-18-10-11-19-25(24)33-35(29,31-21-12-4-1-5-13-21)32-22-14-6-2-7-15-22/h1-20H. The van der Waals surface area contributed by atoms with Crippen molar-refractivity contribution in [3.8, 4) is 23.0 Å².